The Bertz CT molecular complexity index is 596. The summed E-state index contributed by atoms with van der Waals surface area (Å²) < 4.78 is 31.6. The van der Waals surface area contributed by atoms with Crippen LogP contribution < -0.4 is 5.32 Å². The lowest BCUT2D eigenvalue weighted by atomic mass is 10.3. The van der Waals surface area contributed by atoms with Crippen molar-refractivity contribution in [2.24, 2.45) is 0 Å². The second-order valence-electron chi connectivity index (χ2n) is 5.36. The number of hydrogen-bond donors (Lipinski definition) is 1. The second kappa shape index (κ2) is 7.17. The van der Waals surface area contributed by atoms with E-state index in [4.69, 9.17) is 4.74 Å². The number of sulfonamides is 1. The topological polar surface area (TPSA) is 88.6 Å². The zero-order valence-corrected chi connectivity index (χ0v) is 13.5. The van der Waals surface area contributed by atoms with Gasteiger partial charge in [0.05, 0.1) is 18.0 Å². The highest BCUT2D eigenvalue weighted by Gasteiger charge is 2.30. The molecule has 1 N–H and O–H groups in total. The fourth-order valence-corrected chi connectivity index (χ4v) is 3.86. The van der Waals surface area contributed by atoms with Crippen molar-refractivity contribution in [3.05, 3.63) is 30.1 Å². The van der Waals surface area contributed by atoms with Crippen LogP contribution in [0.2, 0.25) is 0 Å². The van der Waals surface area contributed by atoms with Crippen LogP contribution in [0.25, 0.3) is 0 Å². The normalized spacial score (nSPS) is 23.2. The molecule has 1 aromatic heterocycles. The van der Waals surface area contributed by atoms with Gasteiger partial charge < -0.3 is 10.1 Å². The van der Waals surface area contributed by atoms with E-state index >= 15 is 0 Å². The summed E-state index contributed by atoms with van der Waals surface area (Å²) in [6.07, 6.45) is 1.27. The molecule has 0 spiro atoms. The third-order valence-corrected chi connectivity index (χ3v) is 5.13. The van der Waals surface area contributed by atoms with Gasteiger partial charge in [0.1, 0.15) is 5.69 Å². The molecule has 0 aromatic carbocycles. The molecular weight excluding hydrogens is 306 g/mol. The summed E-state index contributed by atoms with van der Waals surface area (Å²) in [7, 11) is -3.41. The number of amides is 1. The van der Waals surface area contributed by atoms with Gasteiger partial charge in [0.25, 0.3) is 5.91 Å². The number of aromatic nitrogens is 1. The maximum Gasteiger partial charge on any atom is 0.269 e. The predicted octanol–water partition coefficient (Wildman–Crippen LogP) is 0.250. The highest BCUT2D eigenvalue weighted by Crippen LogP contribution is 2.14. The molecule has 1 aromatic rings. The molecule has 122 valence electrons. The minimum absolute atomic E-state index is 0.0534. The molecule has 1 aliphatic heterocycles. The van der Waals surface area contributed by atoms with Gasteiger partial charge in [-0.05, 0) is 26.0 Å². The molecule has 8 heteroatoms. The molecule has 0 radical (unpaired) electrons. The van der Waals surface area contributed by atoms with Crippen LogP contribution in [-0.4, -0.2) is 61.2 Å². The molecule has 2 atom stereocenters. The van der Waals surface area contributed by atoms with Gasteiger partial charge in [-0.15, -0.1) is 0 Å². The van der Waals surface area contributed by atoms with Crippen LogP contribution in [0.5, 0.6) is 0 Å². The molecule has 0 aliphatic carbocycles. The second-order valence-corrected chi connectivity index (χ2v) is 7.45. The van der Waals surface area contributed by atoms with Crippen molar-refractivity contribution < 1.29 is 17.9 Å². The van der Waals surface area contributed by atoms with Gasteiger partial charge in [-0.25, -0.2) is 8.42 Å². The van der Waals surface area contributed by atoms with Gasteiger partial charge in [-0.2, -0.15) is 4.31 Å². The van der Waals surface area contributed by atoms with Crippen molar-refractivity contribution in [2.45, 2.75) is 26.1 Å². The Morgan fingerprint density at radius 3 is 2.64 bits per heavy atom. The highest BCUT2D eigenvalue weighted by atomic mass is 32.2. The fraction of sp³-hybridized carbons (Fsp3) is 0.571. The summed E-state index contributed by atoms with van der Waals surface area (Å²) >= 11 is 0. The number of pyridine rings is 1. The molecule has 7 nitrogen and oxygen atoms in total. The zero-order valence-electron chi connectivity index (χ0n) is 12.7. The summed E-state index contributed by atoms with van der Waals surface area (Å²) in [5, 5.41) is 2.58. The van der Waals surface area contributed by atoms with Gasteiger partial charge in [0, 0.05) is 25.8 Å². The summed E-state index contributed by atoms with van der Waals surface area (Å²) in [6, 6.07) is 4.99. The summed E-state index contributed by atoms with van der Waals surface area (Å²) in [6.45, 7) is 4.45. The first kappa shape index (κ1) is 16.9. The van der Waals surface area contributed by atoms with E-state index in [9.17, 15) is 13.2 Å². The Morgan fingerprint density at radius 1 is 1.36 bits per heavy atom. The van der Waals surface area contributed by atoms with Crippen molar-refractivity contribution in [2.75, 3.05) is 25.4 Å². The van der Waals surface area contributed by atoms with Crippen molar-refractivity contribution in [1.29, 1.82) is 0 Å². The Kier molecular flexibility index (Phi) is 5.49. The van der Waals surface area contributed by atoms with Gasteiger partial charge in [-0.1, -0.05) is 6.07 Å². The van der Waals surface area contributed by atoms with E-state index in [1.807, 2.05) is 13.8 Å². The molecule has 2 heterocycles. The molecule has 1 fully saturated rings. The van der Waals surface area contributed by atoms with E-state index in [1.54, 1.807) is 18.2 Å². The molecule has 1 amide bonds. The van der Waals surface area contributed by atoms with Crippen LogP contribution in [-0.2, 0) is 14.8 Å². The minimum Gasteiger partial charge on any atom is -0.373 e. The van der Waals surface area contributed by atoms with E-state index in [0.29, 0.717) is 13.1 Å². The van der Waals surface area contributed by atoms with Gasteiger partial charge >= 0.3 is 0 Å². The summed E-state index contributed by atoms with van der Waals surface area (Å²) in [4.78, 5) is 15.7. The number of carbonyl (C=O) groups excluding carboxylic acids is 1. The number of nitrogens with zero attached hydrogens (tertiary/aromatic N) is 2. The quantitative estimate of drug-likeness (QED) is 0.837. The maximum atomic E-state index is 12.3. The van der Waals surface area contributed by atoms with E-state index < -0.39 is 10.0 Å². The number of hydrogen-bond acceptors (Lipinski definition) is 5. The lowest BCUT2D eigenvalue weighted by molar-refractivity contribution is -0.0440. The zero-order chi connectivity index (χ0) is 16.2. The van der Waals surface area contributed by atoms with Crippen LogP contribution in [0.1, 0.15) is 24.3 Å². The van der Waals surface area contributed by atoms with Crippen LogP contribution in [0.3, 0.4) is 0 Å². The first-order valence-corrected chi connectivity index (χ1v) is 8.82. The Morgan fingerprint density at radius 2 is 2.05 bits per heavy atom. The van der Waals surface area contributed by atoms with Gasteiger partial charge in [0.2, 0.25) is 10.0 Å². The molecule has 2 unspecified atom stereocenters. The number of carbonyl (C=O) groups is 1. The Labute approximate surface area is 130 Å². The van der Waals surface area contributed by atoms with Crippen molar-refractivity contribution in [1.82, 2.24) is 14.6 Å². The lowest BCUT2D eigenvalue weighted by Gasteiger charge is -2.34. The largest absolute Gasteiger partial charge is 0.373 e. The van der Waals surface area contributed by atoms with Crippen molar-refractivity contribution in [3.8, 4) is 0 Å². The lowest BCUT2D eigenvalue weighted by Crippen LogP contribution is -2.49. The fourth-order valence-electron chi connectivity index (χ4n) is 2.37. The highest BCUT2D eigenvalue weighted by molar-refractivity contribution is 7.89. The van der Waals surface area contributed by atoms with Crippen LogP contribution in [0.15, 0.2) is 24.4 Å². The van der Waals surface area contributed by atoms with E-state index in [2.05, 4.69) is 10.3 Å². The standard InChI is InChI=1S/C14H21N3O4S/c1-11-9-17(10-12(2)21-11)22(19,20)8-7-16-14(18)13-5-3-4-6-15-13/h3-6,11-12H,7-10H2,1-2H3,(H,16,18). The number of nitrogens with one attached hydrogen (secondary N) is 1. The first-order chi connectivity index (χ1) is 10.4. The Balaban J connectivity index is 1.86. The van der Waals surface area contributed by atoms with Crippen LogP contribution >= 0.6 is 0 Å². The van der Waals surface area contributed by atoms with E-state index in [0.717, 1.165) is 0 Å². The van der Waals surface area contributed by atoms with Crippen molar-refractivity contribution >= 4 is 15.9 Å². The smallest absolute Gasteiger partial charge is 0.269 e. The number of rotatable bonds is 5. The van der Waals surface area contributed by atoms with Crippen LogP contribution in [0, 0.1) is 0 Å². The summed E-state index contributed by atoms with van der Waals surface area (Å²) in [5.41, 5.74) is 0.272. The molecular formula is C14H21N3O4S. The van der Waals surface area contributed by atoms with Crippen molar-refractivity contribution in [3.63, 3.8) is 0 Å². The minimum atomic E-state index is -3.41. The molecule has 1 saturated heterocycles. The monoisotopic (exact) mass is 327 g/mol. The molecule has 0 saturated carbocycles. The average molecular weight is 327 g/mol. The number of morpholine rings is 1. The molecule has 2 rings (SSSR count). The van der Waals surface area contributed by atoms with Crippen LogP contribution in [0.4, 0.5) is 0 Å². The van der Waals surface area contributed by atoms with E-state index in [-0.39, 0.29) is 36.1 Å². The third kappa shape index (κ3) is 4.49. The maximum absolute atomic E-state index is 12.3. The average Bonchev–Trinajstić information content (AvgIpc) is 2.47. The predicted molar refractivity (Wildman–Crippen MR) is 81.9 cm³/mol. The molecule has 0 bridgehead atoms. The van der Waals surface area contributed by atoms with Gasteiger partial charge in [0.15, 0.2) is 0 Å². The third-order valence-electron chi connectivity index (χ3n) is 3.32. The van der Waals surface area contributed by atoms with Gasteiger partial charge in [-0.3, -0.25) is 9.78 Å². The SMILES string of the molecule is CC1CN(S(=O)(=O)CCNC(=O)c2ccccn2)CC(C)O1. The van der Waals surface area contributed by atoms with E-state index in [1.165, 1.54) is 10.5 Å². The summed E-state index contributed by atoms with van der Waals surface area (Å²) in [5.74, 6) is -0.509. The molecule has 22 heavy (non-hydrogen) atoms. The first-order valence-electron chi connectivity index (χ1n) is 7.21. The Hall–Kier alpha value is -1.51. The molecule has 1 aliphatic rings. The number of ether oxygens (including phenoxy) is 1.